The lowest BCUT2D eigenvalue weighted by Crippen LogP contribution is -2.37. The molecule has 116 valence electrons. The predicted molar refractivity (Wildman–Crippen MR) is 78.0 cm³/mol. The minimum absolute atomic E-state index is 0.0144. The molecule has 1 aromatic rings. The molecule has 5 nitrogen and oxygen atoms in total. The molecule has 1 aliphatic carbocycles. The van der Waals surface area contributed by atoms with Gasteiger partial charge < -0.3 is 20.5 Å². The number of hydrogen-bond donors (Lipinski definition) is 3. The number of aliphatic hydroxyl groups is 1. The van der Waals surface area contributed by atoms with Crippen LogP contribution in [0.1, 0.15) is 12.8 Å². The van der Waals surface area contributed by atoms with E-state index in [9.17, 15) is 14.3 Å². The molecule has 0 saturated heterocycles. The zero-order valence-electron chi connectivity index (χ0n) is 11.4. The van der Waals surface area contributed by atoms with Crippen molar-refractivity contribution < 1.29 is 19.0 Å². The molecule has 0 aliphatic heterocycles. The summed E-state index contributed by atoms with van der Waals surface area (Å²) >= 11 is 5.61. The molecule has 1 aliphatic rings. The normalized spacial score (nSPS) is 15.6. The SMILES string of the molecule is O=C(NCC(O)COCC1CC1)Nc1cccc(Cl)c1F. The average Bonchev–Trinajstić information content (AvgIpc) is 3.26. The summed E-state index contributed by atoms with van der Waals surface area (Å²) < 4.78 is 18.9. The van der Waals surface area contributed by atoms with Crippen molar-refractivity contribution in [3.63, 3.8) is 0 Å². The molecule has 1 fully saturated rings. The van der Waals surface area contributed by atoms with Gasteiger partial charge in [-0.2, -0.15) is 0 Å². The number of halogens is 2. The highest BCUT2D eigenvalue weighted by Gasteiger charge is 2.21. The van der Waals surface area contributed by atoms with Crippen LogP contribution in [-0.2, 0) is 4.74 Å². The number of aliphatic hydroxyl groups excluding tert-OH is 1. The fourth-order valence-electron chi connectivity index (χ4n) is 1.69. The number of nitrogens with one attached hydrogen (secondary N) is 2. The largest absolute Gasteiger partial charge is 0.389 e. The number of ether oxygens (including phenoxy) is 1. The molecule has 3 N–H and O–H groups in total. The summed E-state index contributed by atoms with van der Waals surface area (Å²) in [7, 11) is 0. The predicted octanol–water partition coefficient (Wildman–Crippen LogP) is 2.39. The van der Waals surface area contributed by atoms with Gasteiger partial charge in [0.2, 0.25) is 0 Å². The van der Waals surface area contributed by atoms with E-state index in [0.717, 1.165) is 0 Å². The number of benzene rings is 1. The highest BCUT2D eigenvalue weighted by atomic mass is 35.5. The van der Waals surface area contributed by atoms with Gasteiger partial charge in [0.1, 0.15) is 0 Å². The standard InChI is InChI=1S/C14H18ClFN2O3/c15-11-2-1-3-12(13(11)16)18-14(20)17-6-10(19)8-21-7-9-4-5-9/h1-3,9-10,19H,4-8H2,(H2,17,18,20). The lowest BCUT2D eigenvalue weighted by Gasteiger charge is -2.13. The number of amides is 2. The first-order valence-corrected chi connectivity index (χ1v) is 7.18. The van der Waals surface area contributed by atoms with Gasteiger partial charge in [-0.25, -0.2) is 9.18 Å². The van der Waals surface area contributed by atoms with Crippen LogP contribution in [0.3, 0.4) is 0 Å². The number of rotatable bonds is 7. The van der Waals surface area contributed by atoms with Gasteiger partial charge in [0.05, 0.1) is 23.4 Å². The molecule has 1 unspecified atom stereocenters. The summed E-state index contributed by atoms with van der Waals surface area (Å²) in [6.07, 6.45) is 1.57. The van der Waals surface area contributed by atoms with Gasteiger partial charge in [-0.05, 0) is 30.9 Å². The molecule has 1 atom stereocenters. The maximum atomic E-state index is 13.6. The molecule has 21 heavy (non-hydrogen) atoms. The van der Waals surface area contributed by atoms with E-state index in [1.54, 1.807) is 0 Å². The Hall–Kier alpha value is -1.37. The van der Waals surface area contributed by atoms with Crippen LogP contribution in [0, 0.1) is 11.7 Å². The average molecular weight is 317 g/mol. The van der Waals surface area contributed by atoms with E-state index in [0.29, 0.717) is 12.5 Å². The van der Waals surface area contributed by atoms with Crippen molar-refractivity contribution in [1.82, 2.24) is 5.32 Å². The summed E-state index contributed by atoms with van der Waals surface area (Å²) in [5.41, 5.74) is -0.0144. The Balaban J connectivity index is 1.67. The molecule has 1 saturated carbocycles. The lowest BCUT2D eigenvalue weighted by atomic mass is 10.3. The minimum atomic E-state index is -0.793. The maximum absolute atomic E-state index is 13.6. The highest BCUT2D eigenvalue weighted by Crippen LogP contribution is 2.28. The first kappa shape index (κ1) is 16.0. The van der Waals surface area contributed by atoms with Crippen LogP contribution in [0.2, 0.25) is 5.02 Å². The Morgan fingerprint density at radius 3 is 3.00 bits per heavy atom. The summed E-state index contributed by atoms with van der Waals surface area (Å²) in [6.45, 7) is 0.845. The maximum Gasteiger partial charge on any atom is 0.319 e. The molecule has 2 amide bonds. The topological polar surface area (TPSA) is 70.6 Å². The van der Waals surface area contributed by atoms with E-state index in [1.165, 1.54) is 31.0 Å². The zero-order chi connectivity index (χ0) is 15.2. The van der Waals surface area contributed by atoms with Crippen LogP contribution in [0.15, 0.2) is 18.2 Å². The quantitative estimate of drug-likeness (QED) is 0.723. The van der Waals surface area contributed by atoms with Crippen LogP contribution >= 0.6 is 11.6 Å². The molecule has 0 heterocycles. The second kappa shape index (κ2) is 7.59. The summed E-state index contributed by atoms with van der Waals surface area (Å²) in [5.74, 6) is -0.0677. The van der Waals surface area contributed by atoms with Gasteiger partial charge in [-0.1, -0.05) is 17.7 Å². The Labute approximate surface area is 127 Å². The Bertz CT molecular complexity index is 497. The third kappa shape index (κ3) is 5.49. The van der Waals surface area contributed by atoms with E-state index in [1.807, 2.05) is 0 Å². The van der Waals surface area contributed by atoms with Crippen molar-refractivity contribution in [2.24, 2.45) is 5.92 Å². The Kier molecular flexibility index (Phi) is 5.78. The first-order valence-electron chi connectivity index (χ1n) is 6.81. The van der Waals surface area contributed by atoms with Crippen molar-refractivity contribution in [2.75, 3.05) is 25.1 Å². The van der Waals surface area contributed by atoms with Gasteiger partial charge in [0, 0.05) is 13.2 Å². The van der Waals surface area contributed by atoms with Crippen molar-refractivity contribution in [3.8, 4) is 0 Å². The second-order valence-corrected chi connectivity index (χ2v) is 5.48. The molecule has 2 rings (SSSR count). The fraction of sp³-hybridized carbons (Fsp3) is 0.500. The Morgan fingerprint density at radius 2 is 2.29 bits per heavy atom. The van der Waals surface area contributed by atoms with Gasteiger partial charge in [-0.15, -0.1) is 0 Å². The lowest BCUT2D eigenvalue weighted by molar-refractivity contribution is 0.0339. The molecule has 0 spiro atoms. The molecule has 0 aromatic heterocycles. The Morgan fingerprint density at radius 1 is 1.52 bits per heavy atom. The number of urea groups is 1. The third-order valence-electron chi connectivity index (χ3n) is 3.06. The van der Waals surface area contributed by atoms with Crippen molar-refractivity contribution in [1.29, 1.82) is 0 Å². The van der Waals surface area contributed by atoms with Crippen LogP contribution < -0.4 is 10.6 Å². The highest BCUT2D eigenvalue weighted by molar-refractivity contribution is 6.31. The summed E-state index contributed by atoms with van der Waals surface area (Å²) in [6, 6.07) is 3.70. The molecule has 0 radical (unpaired) electrons. The van der Waals surface area contributed by atoms with Crippen LogP contribution in [0.4, 0.5) is 14.9 Å². The van der Waals surface area contributed by atoms with Crippen LogP contribution in [0.5, 0.6) is 0 Å². The van der Waals surface area contributed by atoms with E-state index >= 15 is 0 Å². The van der Waals surface area contributed by atoms with Crippen LogP contribution in [0.25, 0.3) is 0 Å². The van der Waals surface area contributed by atoms with E-state index < -0.39 is 18.0 Å². The number of carbonyl (C=O) groups excluding carboxylic acids is 1. The number of carbonyl (C=O) groups is 1. The molecule has 7 heteroatoms. The first-order chi connectivity index (χ1) is 10.1. The molecule has 1 aromatic carbocycles. The smallest absolute Gasteiger partial charge is 0.319 e. The monoisotopic (exact) mass is 316 g/mol. The van der Waals surface area contributed by atoms with Gasteiger partial charge in [-0.3, -0.25) is 0 Å². The summed E-state index contributed by atoms with van der Waals surface area (Å²) in [4.78, 5) is 11.6. The summed E-state index contributed by atoms with van der Waals surface area (Å²) in [5, 5.41) is 14.3. The van der Waals surface area contributed by atoms with Gasteiger partial charge in [0.15, 0.2) is 5.82 Å². The van der Waals surface area contributed by atoms with E-state index in [4.69, 9.17) is 16.3 Å². The van der Waals surface area contributed by atoms with E-state index in [2.05, 4.69) is 10.6 Å². The second-order valence-electron chi connectivity index (χ2n) is 5.07. The van der Waals surface area contributed by atoms with Crippen molar-refractivity contribution in [3.05, 3.63) is 29.0 Å². The number of anilines is 1. The van der Waals surface area contributed by atoms with Crippen molar-refractivity contribution >= 4 is 23.3 Å². The van der Waals surface area contributed by atoms with Crippen molar-refractivity contribution in [2.45, 2.75) is 18.9 Å². The minimum Gasteiger partial charge on any atom is -0.389 e. The van der Waals surface area contributed by atoms with Gasteiger partial charge in [0.25, 0.3) is 0 Å². The number of hydrogen-bond acceptors (Lipinski definition) is 3. The fourth-order valence-corrected chi connectivity index (χ4v) is 1.87. The molecular formula is C14H18ClFN2O3. The van der Waals surface area contributed by atoms with Crippen LogP contribution in [-0.4, -0.2) is 37.0 Å². The van der Waals surface area contributed by atoms with E-state index in [-0.39, 0.29) is 23.9 Å². The molecular weight excluding hydrogens is 299 g/mol. The molecule has 0 bridgehead atoms. The zero-order valence-corrected chi connectivity index (χ0v) is 12.2. The third-order valence-corrected chi connectivity index (χ3v) is 3.35. The van der Waals surface area contributed by atoms with Gasteiger partial charge >= 0.3 is 6.03 Å².